The van der Waals surface area contributed by atoms with Crippen LogP contribution >= 0.6 is 17.0 Å². The summed E-state index contributed by atoms with van der Waals surface area (Å²) in [5, 5.41) is 2.57. The van der Waals surface area contributed by atoms with Gasteiger partial charge >= 0.3 is 287 Å². The second-order valence-corrected chi connectivity index (χ2v) is 29.5. The van der Waals surface area contributed by atoms with Gasteiger partial charge in [0.15, 0.2) is 0 Å². The van der Waals surface area contributed by atoms with E-state index in [1.165, 1.54) is 15.9 Å². The maximum atomic E-state index is 14.1. The summed E-state index contributed by atoms with van der Waals surface area (Å²) in [5.41, 5.74) is 2.37. The van der Waals surface area contributed by atoms with Crippen molar-refractivity contribution in [2.45, 2.75) is 62.4 Å². The fourth-order valence-electron chi connectivity index (χ4n) is 7.20. The van der Waals surface area contributed by atoms with Crippen molar-refractivity contribution in [3.8, 4) is 22.3 Å². The van der Waals surface area contributed by atoms with Crippen molar-refractivity contribution in [1.82, 2.24) is 0 Å². The molecule has 0 amide bonds. The molecule has 246 valence electrons. The van der Waals surface area contributed by atoms with Crippen LogP contribution in [0, 0.1) is 5.92 Å². The van der Waals surface area contributed by atoms with E-state index in [-0.39, 0.29) is 21.2 Å². The van der Waals surface area contributed by atoms with E-state index in [1.807, 2.05) is 63.2 Å². The van der Waals surface area contributed by atoms with Gasteiger partial charge in [0.2, 0.25) is 0 Å². The van der Waals surface area contributed by atoms with Crippen LogP contribution in [0.2, 0.25) is 0 Å². The van der Waals surface area contributed by atoms with Crippen LogP contribution in [0.25, 0.3) is 28.3 Å². The van der Waals surface area contributed by atoms with Crippen molar-refractivity contribution in [2.75, 3.05) is 0 Å². The van der Waals surface area contributed by atoms with Crippen LogP contribution < -0.4 is 13.6 Å². The molecule has 0 spiro atoms. The fourth-order valence-corrected chi connectivity index (χ4v) is 24.1. The summed E-state index contributed by atoms with van der Waals surface area (Å²) in [7, 11) is 14.7. The summed E-state index contributed by atoms with van der Waals surface area (Å²) in [4.78, 5) is 0. The third-order valence-corrected chi connectivity index (χ3v) is 23.9. The molecule has 1 heterocycles. The average Bonchev–Trinajstić information content (AvgIpc) is 3.58. The summed E-state index contributed by atoms with van der Waals surface area (Å²) >= 11 is -4.47. The fraction of sp³-hybridized carbons (Fsp3) is 0.297. The van der Waals surface area contributed by atoms with E-state index < -0.39 is 56.3 Å². The molecule has 0 saturated carbocycles. The van der Waals surface area contributed by atoms with E-state index in [4.69, 9.17) is 17.0 Å². The Morgan fingerprint density at radius 1 is 0.809 bits per heavy atom. The Hall–Kier alpha value is -2.12. The van der Waals surface area contributed by atoms with Crippen LogP contribution in [0.5, 0.6) is 0 Å². The molecule has 4 aromatic carbocycles. The Morgan fingerprint density at radius 3 is 2.02 bits per heavy atom. The molecule has 0 radical (unpaired) electrons. The first-order chi connectivity index (χ1) is 21.8. The number of allylic oxidation sites excluding steroid dienone is 1. The van der Waals surface area contributed by atoms with Crippen molar-refractivity contribution in [2.24, 2.45) is 5.92 Å². The molecule has 10 heteroatoms. The van der Waals surface area contributed by atoms with E-state index in [0.29, 0.717) is 16.7 Å². The van der Waals surface area contributed by atoms with Crippen molar-refractivity contribution in [3.05, 3.63) is 106 Å². The molecule has 2 unspecified atom stereocenters. The van der Waals surface area contributed by atoms with E-state index >= 15 is 0 Å². The van der Waals surface area contributed by atoms with Gasteiger partial charge in [0.1, 0.15) is 0 Å². The molecule has 0 nitrogen and oxygen atoms in total. The van der Waals surface area contributed by atoms with Crippen molar-refractivity contribution < 1.29 is 44.2 Å². The van der Waals surface area contributed by atoms with Gasteiger partial charge < -0.3 is 0 Å². The van der Waals surface area contributed by atoms with E-state index in [9.17, 15) is 26.3 Å². The first kappa shape index (κ1) is 34.7. The van der Waals surface area contributed by atoms with Crippen LogP contribution in [0.15, 0.2) is 78.4 Å². The third-order valence-electron chi connectivity index (χ3n) is 9.67. The van der Waals surface area contributed by atoms with Gasteiger partial charge in [-0.15, -0.1) is 0 Å². The van der Waals surface area contributed by atoms with Gasteiger partial charge in [-0.3, -0.25) is 0 Å². The summed E-state index contributed by atoms with van der Waals surface area (Å²) in [6.45, 7) is 9.86. The Morgan fingerprint density at radius 2 is 1.43 bits per heavy atom. The van der Waals surface area contributed by atoms with Crippen molar-refractivity contribution in [1.29, 1.82) is 0 Å². The van der Waals surface area contributed by atoms with E-state index in [1.54, 1.807) is 0 Å². The quantitative estimate of drug-likeness (QED) is 0.123. The van der Waals surface area contributed by atoms with Crippen LogP contribution in [0.3, 0.4) is 0 Å². The second kappa shape index (κ2) is 12.0. The molecule has 0 bridgehead atoms. The zero-order valence-electron chi connectivity index (χ0n) is 26.6. The standard InChI is InChI=1S/C25H25F6.C12H9Si.2ClH.Zr/c1-6-14(2)16-9-15-7-8-21(23(3,4)5)22(20(15)12-16)17-10-18(24(26,27)28)13-19(11-17)25(29,30)31;1-3-7-11-9(5-1)10-6-2-4-8-12(10)13-11;;;/h7-14H,6H2,1-5H3;1-7H,13H2;2*1H;/q;;;;+2/p-2. The SMILES string of the molecule is CCC(C)C1=Cc2c(ccc(C(C)(C)C)c2-c2cc(C(F)(F)F)cc(C(F)(F)F)c2)[CH]1[Zr]([Cl])([Cl])[c]1cccc2c1[SiH2]c1ccccc1-2. The van der Waals surface area contributed by atoms with Gasteiger partial charge in [0, 0.05) is 0 Å². The Labute approximate surface area is 285 Å². The molecule has 1 aliphatic heterocycles. The number of hydrogen-bond acceptors (Lipinski definition) is 0. The predicted molar refractivity (Wildman–Crippen MR) is 182 cm³/mol. The molecule has 1 aliphatic carbocycles. The molecule has 0 N–H and O–H groups in total. The molecular formula is C37H34Cl2F6SiZr. The van der Waals surface area contributed by atoms with Crippen LogP contribution in [0.4, 0.5) is 26.3 Å². The first-order valence-electron chi connectivity index (χ1n) is 15.6. The number of fused-ring (bicyclic) bond motifs is 4. The number of rotatable bonds is 5. The monoisotopic (exact) mass is 780 g/mol. The van der Waals surface area contributed by atoms with Crippen molar-refractivity contribution in [3.63, 3.8) is 0 Å². The Kier molecular flexibility index (Phi) is 8.89. The Bertz CT molecular complexity index is 1890. The molecule has 2 aliphatic rings. The Balaban J connectivity index is 1.63. The molecule has 0 aromatic heterocycles. The summed E-state index contributed by atoms with van der Waals surface area (Å²) in [6.07, 6.45) is -7.20. The first-order valence-corrected chi connectivity index (χ1v) is 26.0. The number of alkyl halides is 6. The molecule has 47 heavy (non-hydrogen) atoms. The van der Waals surface area contributed by atoms with Crippen LogP contribution in [-0.2, 0) is 35.6 Å². The van der Waals surface area contributed by atoms with Crippen molar-refractivity contribution >= 4 is 46.3 Å². The minimum atomic E-state index is -4.97. The van der Waals surface area contributed by atoms with Gasteiger partial charge in [-0.1, -0.05) is 0 Å². The molecule has 0 fully saturated rings. The molecule has 2 atom stereocenters. The molecular weight excluding hydrogens is 749 g/mol. The predicted octanol–water partition coefficient (Wildman–Crippen LogP) is 10.1. The minimum absolute atomic E-state index is 0.0327. The van der Waals surface area contributed by atoms with Gasteiger partial charge in [-0.25, -0.2) is 0 Å². The molecule has 0 saturated heterocycles. The van der Waals surface area contributed by atoms with Gasteiger partial charge in [0.05, 0.1) is 0 Å². The van der Waals surface area contributed by atoms with Gasteiger partial charge in [-0.05, 0) is 0 Å². The number of benzene rings is 4. The normalized spacial score (nSPS) is 17.4. The average molecular weight is 783 g/mol. The zero-order chi connectivity index (χ0) is 34.3. The van der Waals surface area contributed by atoms with E-state index in [0.717, 1.165) is 38.5 Å². The number of halogens is 8. The van der Waals surface area contributed by atoms with Crippen LogP contribution in [-0.4, -0.2) is 9.52 Å². The van der Waals surface area contributed by atoms with Gasteiger partial charge in [-0.2, -0.15) is 0 Å². The number of hydrogen-bond donors (Lipinski definition) is 0. The molecule has 4 aromatic rings. The van der Waals surface area contributed by atoms with Gasteiger partial charge in [0.25, 0.3) is 0 Å². The summed E-state index contributed by atoms with van der Waals surface area (Å²) in [5.74, 6) is 0.0327. The van der Waals surface area contributed by atoms with Crippen LogP contribution in [0.1, 0.15) is 72.5 Å². The summed E-state index contributed by atoms with van der Waals surface area (Å²) < 4.78 is 85.1. The van der Waals surface area contributed by atoms with E-state index in [2.05, 4.69) is 32.0 Å². The second-order valence-electron chi connectivity index (χ2n) is 13.7. The summed E-state index contributed by atoms with van der Waals surface area (Å²) in [6, 6.07) is 20.2. The third kappa shape index (κ3) is 6.15. The maximum absolute atomic E-state index is 14.1. The zero-order valence-corrected chi connectivity index (χ0v) is 32.0. The topological polar surface area (TPSA) is 0 Å². The molecule has 6 rings (SSSR count).